The van der Waals surface area contributed by atoms with Crippen LogP contribution in [0.2, 0.25) is 0 Å². The van der Waals surface area contributed by atoms with Crippen molar-refractivity contribution in [3.63, 3.8) is 0 Å². The second-order valence-electron chi connectivity index (χ2n) is 7.66. The number of fused-ring (bicyclic) bond motifs is 2. The van der Waals surface area contributed by atoms with Gasteiger partial charge in [0.15, 0.2) is 11.5 Å². The predicted octanol–water partition coefficient (Wildman–Crippen LogP) is 2.79. The largest absolute Gasteiger partial charge is 0.486 e. The van der Waals surface area contributed by atoms with Crippen LogP contribution in [-0.2, 0) is 10.0 Å². The van der Waals surface area contributed by atoms with Crippen LogP contribution in [0.15, 0.2) is 35.6 Å². The predicted molar refractivity (Wildman–Crippen MR) is 113 cm³/mol. The Bertz CT molecular complexity index is 1170. The first-order valence-corrected chi connectivity index (χ1v) is 11.1. The molecule has 1 aromatic carbocycles. The number of benzene rings is 1. The van der Waals surface area contributed by atoms with Crippen LogP contribution >= 0.6 is 0 Å². The van der Waals surface area contributed by atoms with Gasteiger partial charge in [0, 0.05) is 20.3 Å². The minimum Gasteiger partial charge on any atom is -0.486 e. The van der Waals surface area contributed by atoms with Gasteiger partial charge < -0.3 is 19.8 Å². The lowest BCUT2D eigenvalue weighted by Crippen LogP contribution is -2.23. The van der Waals surface area contributed by atoms with E-state index in [1.807, 2.05) is 18.2 Å². The molecule has 0 saturated heterocycles. The molecule has 0 spiro atoms. The van der Waals surface area contributed by atoms with Crippen molar-refractivity contribution < 1.29 is 17.9 Å². The van der Waals surface area contributed by atoms with Crippen molar-refractivity contribution in [2.24, 2.45) is 5.92 Å². The quantitative estimate of drug-likeness (QED) is 0.618. The van der Waals surface area contributed by atoms with E-state index in [4.69, 9.17) is 9.47 Å². The molecule has 0 bridgehead atoms. The molecule has 4 rings (SSSR count). The van der Waals surface area contributed by atoms with E-state index in [2.05, 4.69) is 34.1 Å². The van der Waals surface area contributed by atoms with Crippen molar-refractivity contribution in [2.45, 2.75) is 24.8 Å². The van der Waals surface area contributed by atoms with Crippen LogP contribution in [0, 0.1) is 5.92 Å². The second kappa shape index (κ2) is 7.77. The van der Waals surface area contributed by atoms with Crippen molar-refractivity contribution in [1.82, 2.24) is 19.3 Å². The molecule has 2 aromatic heterocycles. The molecule has 10 heteroatoms. The van der Waals surface area contributed by atoms with E-state index in [1.165, 1.54) is 30.9 Å². The zero-order valence-electron chi connectivity index (χ0n) is 17.3. The van der Waals surface area contributed by atoms with Crippen molar-refractivity contribution in [3.8, 4) is 11.5 Å². The van der Waals surface area contributed by atoms with Crippen LogP contribution in [-0.4, -0.2) is 55.0 Å². The van der Waals surface area contributed by atoms with Gasteiger partial charge in [-0.05, 0) is 23.6 Å². The average molecular weight is 432 g/mol. The second-order valence-corrected chi connectivity index (χ2v) is 9.78. The highest BCUT2D eigenvalue weighted by atomic mass is 32.2. The van der Waals surface area contributed by atoms with Gasteiger partial charge in [0.1, 0.15) is 35.9 Å². The molecule has 3 heterocycles. The summed E-state index contributed by atoms with van der Waals surface area (Å²) in [6.45, 7) is 5.22. The summed E-state index contributed by atoms with van der Waals surface area (Å²) in [4.78, 5) is 11.6. The number of sulfonamides is 1. The number of aromatic amines is 1. The van der Waals surface area contributed by atoms with Crippen molar-refractivity contribution in [2.75, 3.05) is 32.6 Å². The summed E-state index contributed by atoms with van der Waals surface area (Å²) >= 11 is 0. The molecule has 0 amide bonds. The lowest BCUT2D eigenvalue weighted by molar-refractivity contribution is 0.171. The van der Waals surface area contributed by atoms with E-state index >= 15 is 0 Å². The highest BCUT2D eigenvalue weighted by Crippen LogP contribution is 2.37. The average Bonchev–Trinajstić information content (AvgIpc) is 3.17. The zero-order valence-corrected chi connectivity index (χ0v) is 18.2. The molecule has 0 aliphatic carbocycles. The number of anilines is 1. The van der Waals surface area contributed by atoms with E-state index in [0.29, 0.717) is 35.8 Å². The third kappa shape index (κ3) is 3.56. The molecule has 30 heavy (non-hydrogen) atoms. The van der Waals surface area contributed by atoms with Crippen molar-refractivity contribution >= 4 is 26.9 Å². The Balaban J connectivity index is 1.77. The Morgan fingerprint density at radius 2 is 1.87 bits per heavy atom. The third-order valence-corrected chi connectivity index (χ3v) is 6.92. The fraction of sp³-hybridized carbons (Fsp3) is 0.400. The molecule has 1 aliphatic rings. The normalized spacial score (nSPS) is 15.0. The van der Waals surface area contributed by atoms with Gasteiger partial charge in [-0.2, -0.15) is 0 Å². The fourth-order valence-electron chi connectivity index (χ4n) is 3.48. The van der Waals surface area contributed by atoms with Gasteiger partial charge in [-0.25, -0.2) is 22.7 Å². The first-order chi connectivity index (χ1) is 14.3. The Morgan fingerprint density at radius 1 is 1.13 bits per heavy atom. The maximum atomic E-state index is 12.8. The number of aromatic nitrogens is 3. The van der Waals surface area contributed by atoms with Crippen LogP contribution in [0.25, 0.3) is 11.0 Å². The van der Waals surface area contributed by atoms with Gasteiger partial charge in [0.2, 0.25) is 10.0 Å². The number of H-pyrrole nitrogens is 1. The van der Waals surface area contributed by atoms with Gasteiger partial charge in [-0.1, -0.05) is 19.9 Å². The fourth-order valence-corrected chi connectivity index (χ4v) is 4.53. The van der Waals surface area contributed by atoms with E-state index in [-0.39, 0.29) is 16.9 Å². The van der Waals surface area contributed by atoms with Crippen LogP contribution in [0.3, 0.4) is 0 Å². The van der Waals surface area contributed by atoms with Gasteiger partial charge >= 0.3 is 0 Å². The highest BCUT2D eigenvalue weighted by molar-refractivity contribution is 7.89. The Kier molecular flexibility index (Phi) is 5.29. The first-order valence-electron chi connectivity index (χ1n) is 9.69. The molecule has 0 fully saturated rings. The molecular formula is C20H25N5O4S. The molecule has 160 valence electrons. The van der Waals surface area contributed by atoms with E-state index < -0.39 is 10.0 Å². The minimum atomic E-state index is -3.67. The number of ether oxygens (including phenoxy) is 2. The Labute approximate surface area is 175 Å². The van der Waals surface area contributed by atoms with Gasteiger partial charge in [-0.3, -0.25) is 0 Å². The summed E-state index contributed by atoms with van der Waals surface area (Å²) < 4.78 is 38.1. The van der Waals surface area contributed by atoms with E-state index in [0.717, 1.165) is 11.3 Å². The van der Waals surface area contributed by atoms with Crippen LogP contribution in [0.4, 0.5) is 5.82 Å². The highest BCUT2D eigenvalue weighted by Gasteiger charge is 2.27. The van der Waals surface area contributed by atoms with Crippen molar-refractivity contribution in [3.05, 3.63) is 36.3 Å². The van der Waals surface area contributed by atoms with E-state index in [1.54, 1.807) is 0 Å². The maximum Gasteiger partial charge on any atom is 0.244 e. The number of hydrogen-bond acceptors (Lipinski definition) is 7. The van der Waals surface area contributed by atoms with Crippen LogP contribution in [0.1, 0.15) is 25.5 Å². The topological polar surface area (TPSA) is 109 Å². The molecule has 0 unspecified atom stereocenters. The number of nitrogens with zero attached hydrogens (tertiary/aromatic N) is 3. The summed E-state index contributed by atoms with van der Waals surface area (Å²) in [5.74, 6) is 2.07. The van der Waals surface area contributed by atoms with E-state index in [9.17, 15) is 8.42 Å². The SMILES string of the molecule is CC(C)[C@@H](Nc1ncnc2[nH]cc(S(=O)(=O)N(C)C)c12)c1ccc2c(c1)OCCO2. The smallest absolute Gasteiger partial charge is 0.244 e. The standard InChI is InChI=1S/C20H25N5O4S/c1-12(2)18(13-5-6-14-15(9-13)29-8-7-28-14)24-20-17-16(30(26,27)25(3)4)10-21-19(17)22-11-23-20/h5-6,9-12,18H,7-8H2,1-4H3,(H2,21,22,23,24)/t18-/m1/s1. The third-order valence-electron chi connectivity index (χ3n) is 5.08. The Morgan fingerprint density at radius 3 is 2.57 bits per heavy atom. The van der Waals surface area contributed by atoms with Gasteiger partial charge in [0.05, 0.1) is 11.4 Å². The number of rotatable bonds is 6. The lowest BCUT2D eigenvalue weighted by atomic mass is 9.95. The molecule has 1 atom stereocenters. The lowest BCUT2D eigenvalue weighted by Gasteiger charge is -2.26. The molecule has 0 saturated carbocycles. The summed E-state index contributed by atoms with van der Waals surface area (Å²) in [5, 5.41) is 3.87. The molecule has 3 aromatic rings. The molecular weight excluding hydrogens is 406 g/mol. The zero-order chi connectivity index (χ0) is 21.5. The van der Waals surface area contributed by atoms with Gasteiger partial charge in [-0.15, -0.1) is 0 Å². The van der Waals surface area contributed by atoms with Gasteiger partial charge in [0.25, 0.3) is 0 Å². The summed E-state index contributed by atoms with van der Waals surface area (Å²) in [6, 6.07) is 5.70. The molecule has 1 aliphatic heterocycles. The number of hydrogen-bond donors (Lipinski definition) is 2. The maximum absolute atomic E-state index is 12.8. The van der Waals surface area contributed by atoms with Crippen molar-refractivity contribution in [1.29, 1.82) is 0 Å². The molecule has 2 N–H and O–H groups in total. The summed E-state index contributed by atoms with van der Waals surface area (Å²) in [7, 11) is -0.675. The summed E-state index contributed by atoms with van der Waals surface area (Å²) in [6.07, 6.45) is 2.86. The van der Waals surface area contributed by atoms with Crippen LogP contribution in [0.5, 0.6) is 11.5 Å². The Hall–Kier alpha value is -2.85. The number of nitrogens with one attached hydrogen (secondary N) is 2. The molecule has 0 radical (unpaired) electrons. The van der Waals surface area contributed by atoms with Crippen LogP contribution < -0.4 is 14.8 Å². The minimum absolute atomic E-state index is 0.135. The monoisotopic (exact) mass is 431 g/mol. The molecule has 9 nitrogen and oxygen atoms in total. The first kappa shape index (κ1) is 20.4. The summed E-state index contributed by atoms with van der Waals surface area (Å²) in [5.41, 5.74) is 1.45.